The minimum absolute atomic E-state index is 0.0250. The summed E-state index contributed by atoms with van der Waals surface area (Å²) >= 11 is 0. The number of hydrogen-bond acceptors (Lipinski definition) is 5. The number of rotatable bonds is 6. The summed E-state index contributed by atoms with van der Waals surface area (Å²) in [6.07, 6.45) is -1.07. The molecule has 200 valence electrons. The lowest BCUT2D eigenvalue weighted by atomic mass is 9.94. The lowest BCUT2D eigenvalue weighted by Gasteiger charge is -2.19. The maximum atomic E-state index is 13.1. The van der Waals surface area contributed by atoms with Crippen molar-refractivity contribution in [3.63, 3.8) is 0 Å². The Labute approximate surface area is 233 Å². The second-order valence-electron chi connectivity index (χ2n) is 10.4. The molecule has 5 aromatic carbocycles. The lowest BCUT2D eigenvalue weighted by molar-refractivity contribution is -0.0425. The van der Waals surface area contributed by atoms with E-state index < -0.39 is 24.1 Å². The average Bonchev–Trinajstić information content (AvgIpc) is 3.38. The van der Waals surface area contributed by atoms with Gasteiger partial charge in [0.1, 0.15) is 18.8 Å². The SMILES string of the molecule is Cc1ccc(C(=O)OC[C@H]2O[C@@H](c3cccc4c3ccc3ccccc34)C[C@@H]2OC(=O)c2ccc(C)cc2)cc1. The molecule has 6 rings (SSSR count). The van der Waals surface area contributed by atoms with E-state index in [1.54, 1.807) is 24.3 Å². The highest BCUT2D eigenvalue weighted by Gasteiger charge is 2.40. The third kappa shape index (κ3) is 5.21. The van der Waals surface area contributed by atoms with Gasteiger partial charge in [-0.2, -0.15) is 0 Å². The number of ether oxygens (including phenoxy) is 3. The van der Waals surface area contributed by atoms with E-state index in [-0.39, 0.29) is 12.7 Å². The molecule has 0 radical (unpaired) electrons. The molecule has 5 aromatic rings. The fourth-order valence-electron chi connectivity index (χ4n) is 5.36. The molecule has 0 amide bonds. The van der Waals surface area contributed by atoms with Crippen molar-refractivity contribution >= 4 is 33.5 Å². The Balaban J connectivity index is 1.28. The number of esters is 2. The van der Waals surface area contributed by atoms with Crippen LogP contribution in [0.3, 0.4) is 0 Å². The highest BCUT2D eigenvalue weighted by atomic mass is 16.6. The van der Waals surface area contributed by atoms with Gasteiger partial charge >= 0.3 is 11.9 Å². The Hall–Kier alpha value is -4.48. The lowest BCUT2D eigenvalue weighted by Crippen LogP contribution is -2.32. The third-order valence-corrected chi connectivity index (χ3v) is 7.58. The average molecular weight is 531 g/mol. The van der Waals surface area contributed by atoms with Crippen molar-refractivity contribution < 1.29 is 23.8 Å². The molecular formula is C35H30O5. The van der Waals surface area contributed by atoms with Crippen LogP contribution < -0.4 is 0 Å². The van der Waals surface area contributed by atoms with Crippen LogP contribution in [0, 0.1) is 13.8 Å². The van der Waals surface area contributed by atoms with Crippen molar-refractivity contribution in [2.45, 2.75) is 38.6 Å². The largest absolute Gasteiger partial charge is 0.459 e. The fourth-order valence-corrected chi connectivity index (χ4v) is 5.36. The topological polar surface area (TPSA) is 61.8 Å². The van der Waals surface area contributed by atoms with Gasteiger partial charge < -0.3 is 14.2 Å². The molecule has 1 saturated heterocycles. The van der Waals surface area contributed by atoms with Crippen LogP contribution in [0.5, 0.6) is 0 Å². The monoisotopic (exact) mass is 530 g/mol. The van der Waals surface area contributed by atoms with Crippen molar-refractivity contribution in [3.05, 3.63) is 131 Å². The minimum atomic E-state index is -0.607. The second kappa shape index (κ2) is 10.9. The first-order chi connectivity index (χ1) is 19.5. The fraction of sp³-hybridized carbons (Fsp3) is 0.200. The second-order valence-corrected chi connectivity index (χ2v) is 10.4. The highest BCUT2D eigenvalue weighted by molar-refractivity contribution is 6.08. The molecule has 5 heteroatoms. The van der Waals surface area contributed by atoms with Crippen LogP contribution in [0.15, 0.2) is 103 Å². The van der Waals surface area contributed by atoms with E-state index in [1.165, 1.54) is 10.8 Å². The summed E-state index contributed by atoms with van der Waals surface area (Å²) in [6.45, 7) is 3.91. The Kier molecular flexibility index (Phi) is 7.06. The molecule has 0 N–H and O–H groups in total. The Bertz CT molecular complexity index is 1690. The predicted molar refractivity (Wildman–Crippen MR) is 156 cm³/mol. The molecule has 1 aliphatic rings. The zero-order chi connectivity index (χ0) is 27.6. The van der Waals surface area contributed by atoms with Crippen LogP contribution in [0.4, 0.5) is 0 Å². The van der Waals surface area contributed by atoms with Gasteiger partial charge in [-0.05, 0) is 65.2 Å². The molecule has 1 aliphatic heterocycles. The Morgan fingerprint density at radius 3 is 2.08 bits per heavy atom. The Morgan fingerprint density at radius 1 is 0.700 bits per heavy atom. The molecule has 0 spiro atoms. The maximum absolute atomic E-state index is 13.1. The smallest absolute Gasteiger partial charge is 0.338 e. The zero-order valence-corrected chi connectivity index (χ0v) is 22.5. The number of hydrogen-bond donors (Lipinski definition) is 0. The van der Waals surface area contributed by atoms with Crippen LogP contribution in [0.2, 0.25) is 0 Å². The first-order valence-electron chi connectivity index (χ1n) is 13.5. The van der Waals surface area contributed by atoms with Crippen LogP contribution >= 0.6 is 0 Å². The van der Waals surface area contributed by atoms with Gasteiger partial charge in [0.25, 0.3) is 0 Å². The molecule has 1 fully saturated rings. The normalized spacial score (nSPS) is 18.6. The molecular weight excluding hydrogens is 500 g/mol. The van der Waals surface area contributed by atoms with E-state index in [1.807, 2.05) is 56.3 Å². The molecule has 40 heavy (non-hydrogen) atoms. The van der Waals surface area contributed by atoms with Crippen molar-refractivity contribution in [3.8, 4) is 0 Å². The maximum Gasteiger partial charge on any atom is 0.338 e. The van der Waals surface area contributed by atoms with Gasteiger partial charge in [-0.1, -0.05) is 90.0 Å². The molecule has 0 unspecified atom stereocenters. The zero-order valence-electron chi connectivity index (χ0n) is 22.5. The van der Waals surface area contributed by atoms with Gasteiger partial charge in [0.2, 0.25) is 0 Å². The van der Waals surface area contributed by atoms with Crippen molar-refractivity contribution in [1.29, 1.82) is 0 Å². The summed E-state index contributed by atoms with van der Waals surface area (Å²) in [5.41, 5.74) is 4.08. The van der Waals surface area contributed by atoms with Crippen LogP contribution in [-0.2, 0) is 14.2 Å². The van der Waals surface area contributed by atoms with Crippen molar-refractivity contribution in [1.82, 2.24) is 0 Å². The van der Waals surface area contributed by atoms with E-state index in [4.69, 9.17) is 14.2 Å². The van der Waals surface area contributed by atoms with Crippen molar-refractivity contribution in [2.75, 3.05) is 6.61 Å². The van der Waals surface area contributed by atoms with Crippen LogP contribution in [0.25, 0.3) is 21.5 Å². The highest BCUT2D eigenvalue weighted by Crippen LogP contribution is 2.40. The molecule has 0 aromatic heterocycles. The first kappa shape index (κ1) is 25.8. The van der Waals surface area contributed by atoms with Gasteiger partial charge in [-0.25, -0.2) is 9.59 Å². The van der Waals surface area contributed by atoms with E-state index in [0.717, 1.165) is 27.5 Å². The molecule has 0 bridgehead atoms. The van der Waals surface area contributed by atoms with Crippen molar-refractivity contribution in [2.24, 2.45) is 0 Å². The van der Waals surface area contributed by atoms with Crippen LogP contribution in [-0.4, -0.2) is 30.8 Å². The summed E-state index contributed by atoms with van der Waals surface area (Å²) in [5, 5.41) is 4.57. The number of carbonyl (C=O) groups excluding carboxylic acids is 2. The summed E-state index contributed by atoms with van der Waals surface area (Å²) in [5.74, 6) is -0.861. The predicted octanol–water partition coefficient (Wildman–Crippen LogP) is 7.52. The van der Waals surface area contributed by atoms with Gasteiger partial charge in [-0.15, -0.1) is 0 Å². The quantitative estimate of drug-likeness (QED) is 0.168. The summed E-state index contributed by atoms with van der Waals surface area (Å²) in [4.78, 5) is 25.8. The molecule has 1 heterocycles. The van der Waals surface area contributed by atoms with Gasteiger partial charge in [-0.3, -0.25) is 0 Å². The minimum Gasteiger partial charge on any atom is -0.459 e. The summed E-state index contributed by atoms with van der Waals surface area (Å²) < 4.78 is 18.1. The first-order valence-corrected chi connectivity index (χ1v) is 13.5. The van der Waals surface area contributed by atoms with Gasteiger partial charge in [0, 0.05) is 6.42 Å². The molecule has 3 atom stereocenters. The number of benzene rings is 5. The third-order valence-electron chi connectivity index (χ3n) is 7.58. The van der Waals surface area contributed by atoms with E-state index >= 15 is 0 Å². The van der Waals surface area contributed by atoms with Gasteiger partial charge in [0.15, 0.2) is 0 Å². The summed E-state index contributed by atoms with van der Waals surface area (Å²) in [7, 11) is 0. The van der Waals surface area contributed by atoms with Crippen LogP contribution in [0.1, 0.15) is 49.9 Å². The number of carbonyl (C=O) groups is 2. The van der Waals surface area contributed by atoms with E-state index in [0.29, 0.717) is 17.5 Å². The van der Waals surface area contributed by atoms with Gasteiger partial charge in [0.05, 0.1) is 17.2 Å². The van der Waals surface area contributed by atoms with E-state index in [2.05, 4.69) is 36.4 Å². The summed E-state index contributed by atoms with van der Waals surface area (Å²) in [6, 6.07) is 33.2. The number of fused-ring (bicyclic) bond motifs is 3. The number of aryl methyl sites for hydroxylation is 2. The standard InChI is InChI=1S/C35H30O5/c1-22-10-14-25(15-11-22)34(36)38-21-33-32(40-35(37)26-16-12-23(2)13-17-26)20-31(39-33)30-9-5-8-28-27-7-4-3-6-24(27)18-19-29(28)30/h3-19,31-33H,20-21H2,1-2H3/t31-,32+,33-/m1/s1. The molecule has 5 nitrogen and oxygen atoms in total. The molecule has 0 aliphatic carbocycles. The molecule has 0 saturated carbocycles. The Morgan fingerprint density at radius 2 is 1.35 bits per heavy atom. The van der Waals surface area contributed by atoms with E-state index in [9.17, 15) is 9.59 Å².